The molecule has 2 aliphatic rings. The van der Waals surface area contributed by atoms with Crippen LogP contribution in [0.5, 0.6) is 0 Å². The lowest BCUT2D eigenvalue weighted by Crippen LogP contribution is -2.55. The molecule has 0 radical (unpaired) electrons. The van der Waals surface area contributed by atoms with Crippen molar-refractivity contribution in [3.63, 3.8) is 0 Å². The highest BCUT2D eigenvalue weighted by Gasteiger charge is 2.55. The normalized spacial score (nSPS) is 21.0. The molecule has 120 valence electrons. The number of aromatic amines is 1. The molecule has 1 spiro atoms. The minimum absolute atomic E-state index is 0.112. The Morgan fingerprint density at radius 3 is 2.52 bits per heavy atom. The monoisotopic (exact) mass is 315 g/mol. The molecular formula is C14H17N7O2. The third-order valence-electron chi connectivity index (χ3n) is 5.01. The number of amides is 3. The number of nitrogens with zero attached hydrogens (tertiary/aromatic N) is 6. The summed E-state index contributed by atoms with van der Waals surface area (Å²) in [5.41, 5.74) is 0.699. The van der Waals surface area contributed by atoms with Gasteiger partial charge in [0.15, 0.2) is 11.5 Å². The van der Waals surface area contributed by atoms with Crippen molar-refractivity contribution in [2.75, 3.05) is 32.1 Å². The van der Waals surface area contributed by atoms with Crippen LogP contribution >= 0.6 is 0 Å². The molecule has 0 unspecified atom stereocenters. The molecule has 2 aromatic heterocycles. The molecule has 2 fully saturated rings. The first kappa shape index (κ1) is 13.9. The lowest BCUT2D eigenvalue weighted by Gasteiger charge is -2.41. The van der Waals surface area contributed by atoms with Gasteiger partial charge in [-0.2, -0.15) is 0 Å². The van der Waals surface area contributed by atoms with Gasteiger partial charge in [0.05, 0.1) is 6.33 Å². The van der Waals surface area contributed by atoms with Gasteiger partial charge in [0.2, 0.25) is 0 Å². The second-order valence-corrected chi connectivity index (χ2v) is 6.02. The number of urea groups is 1. The molecule has 0 saturated carbocycles. The van der Waals surface area contributed by atoms with Gasteiger partial charge in [0, 0.05) is 27.2 Å². The van der Waals surface area contributed by atoms with Crippen molar-refractivity contribution >= 4 is 28.9 Å². The molecule has 4 heterocycles. The van der Waals surface area contributed by atoms with E-state index in [0.717, 1.165) is 11.3 Å². The van der Waals surface area contributed by atoms with Crippen molar-refractivity contribution in [3.8, 4) is 0 Å². The Kier molecular flexibility index (Phi) is 2.81. The van der Waals surface area contributed by atoms with Gasteiger partial charge in [-0.1, -0.05) is 0 Å². The number of H-pyrrole nitrogens is 1. The number of fused-ring (bicyclic) bond motifs is 1. The lowest BCUT2D eigenvalue weighted by molar-refractivity contribution is -0.133. The molecule has 23 heavy (non-hydrogen) atoms. The standard InChI is InChI=1S/C14H17N7O2/c1-19-12(22)14(20(2)13(19)23)3-5-21(6-4-14)11-9-10(16-7-15-9)17-8-18-11/h7-8H,3-6H2,1-2H3,(H,15,16,17,18). The molecule has 0 bridgehead atoms. The van der Waals surface area contributed by atoms with E-state index in [0.29, 0.717) is 31.6 Å². The van der Waals surface area contributed by atoms with E-state index in [1.807, 2.05) is 0 Å². The summed E-state index contributed by atoms with van der Waals surface area (Å²) >= 11 is 0. The van der Waals surface area contributed by atoms with Crippen molar-refractivity contribution in [3.05, 3.63) is 12.7 Å². The van der Waals surface area contributed by atoms with Gasteiger partial charge in [0.1, 0.15) is 17.4 Å². The number of nitrogens with one attached hydrogen (secondary N) is 1. The van der Waals surface area contributed by atoms with Crippen LogP contribution in [0, 0.1) is 0 Å². The fourth-order valence-corrected chi connectivity index (χ4v) is 3.58. The zero-order chi connectivity index (χ0) is 16.2. The second kappa shape index (κ2) is 4.64. The van der Waals surface area contributed by atoms with E-state index in [1.54, 1.807) is 25.3 Å². The Bertz CT molecular complexity index is 793. The van der Waals surface area contributed by atoms with Crippen LogP contribution in [0.25, 0.3) is 11.2 Å². The minimum Gasteiger partial charge on any atom is -0.355 e. The predicted molar refractivity (Wildman–Crippen MR) is 81.8 cm³/mol. The maximum atomic E-state index is 12.5. The first-order valence-electron chi connectivity index (χ1n) is 7.49. The van der Waals surface area contributed by atoms with E-state index in [2.05, 4.69) is 24.8 Å². The largest absolute Gasteiger partial charge is 0.355 e. The third kappa shape index (κ3) is 1.76. The molecule has 1 N–H and O–H groups in total. The number of carbonyl (C=O) groups is 2. The van der Waals surface area contributed by atoms with Crippen LogP contribution in [-0.2, 0) is 4.79 Å². The Morgan fingerprint density at radius 1 is 1.13 bits per heavy atom. The van der Waals surface area contributed by atoms with Crippen molar-refractivity contribution in [1.29, 1.82) is 0 Å². The fourth-order valence-electron chi connectivity index (χ4n) is 3.58. The number of piperidine rings is 1. The summed E-state index contributed by atoms with van der Waals surface area (Å²) in [4.78, 5) is 45.2. The molecule has 2 saturated heterocycles. The first-order valence-corrected chi connectivity index (χ1v) is 7.49. The van der Waals surface area contributed by atoms with Crippen molar-refractivity contribution in [2.24, 2.45) is 0 Å². The van der Waals surface area contributed by atoms with Gasteiger partial charge >= 0.3 is 6.03 Å². The number of imide groups is 1. The summed E-state index contributed by atoms with van der Waals surface area (Å²) in [5, 5.41) is 0. The van der Waals surface area contributed by atoms with Crippen LogP contribution in [0.4, 0.5) is 10.6 Å². The van der Waals surface area contributed by atoms with Gasteiger partial charge in [-0.05, 0) is 12.8 Å². The third-order valence-corrected chi connectivity index (χ3v) is 5.01. The van der Waals surface area contributed by atoms with Gasteiger partial charge in [0.25, 0.3) is 5.91 Å². The molecular weight excluding hydrogens is 298 g/mol. The SMILES string of the molecule is CN1C(=O)N(C)C2(CCN(c3ncnc4nc[nH]c34)CC2)C1=O. The van der Waals surface area contributed by atoms with Gasteiger partial charge in [-0.3, -0.25) is 9.69 Å². The number of aromatic nitrogens is 4. The highest BCUT2D eigenvalue weighted by atomic mass is 16.2. The fraction of sp³-hybridized carbons (Fsp3) is 0.500. The topological polar surface area (TPSA) is 98.3 Å². The Morgan fingerprint density at radius 2 is 1.87 bits per heavy atom. The molecule has 4 rings (SSSR count). The maximum Gasteiger partial charge on any atom is 0.327 e. The summed E-state index contributed by atoms with van der Waals surface area (Å²) in [6.45, 7) is 1.28. The highest BCUT2D eigenvalue weighted by molar-refractivity contribution is 6.06. The molecule has 9 nitrogen and oxygen atoms in total. The zero-order valence-corrected chi connectivity index (χ0v) is 13.0. The summed E-state index contributed by atoms with van der Waals surface area (Å²) in [6.07, 6.45) is 4.25. The number of hydrogen-bond acceptors (Lipinski definition) is 6. The molecule has 0 aromatic carbocycles. The van der Waals surface area contributed by atoms with Crippen LogP contribution in [0.1, 0.15) is 12.8 Å². The Labute approximate surface area is 132 Å². The Balaban J connectivity index is 1.61. The molecule has 2 aliphatic heterocycles. The number of anilines is 1. The first-order chi connectivity index (χ1) is 11.0. The van der Waals surface area contributed by atoms with Crippen LogP contribution in [0.2, 0.25) is 0 Å². The predicted octanol–water partition coefficient (Wildman–Crippen LogP) is 0.216. The van der Waals surface area contributed by atoms with Crippen molar-refractivity contribution in [2.45, 2.75) is 18.4 Å². The second-order valence-electron chi connectivity index (χ2n) is 6.02. The van der Waals surface area contributed by atoms with E-state index in [-0.39, 0.29) is 11.9 Å². The average molecular weight is 315 g/mol. The highest BCUT2D eigenvalue weighted by Crippen LogP contribution is 2.37. The number of hydrogen-bond donors (Lipinski definition) is 1. The smallest absolute Gasteiger partial charge is 0.327 e. The van der Waals surface area contributed by atoms with Crippen molar-refractivity contribution < 1.29 is 9.59 Å². The summed E-state index contributed by atoms with van der Waals surface area (Å²) in [6, 6.07) is -0.235. The summed E-state index contributed by atoms with van der Waals surface area (Å²) in [7, 11) is 3.25. The minimum atomic E-state index is -0.720. The quantitative estimate of drug-likeness (QED) is 0.756. The van der Waals surface area contributed by atoms with Gasteiger partial charge in [-0.25, -0.2) is 19.7 Å². The maximum absolute atomic E-state index is 12.5. The number of likely N-dealkylation sites (N-methyl/N-ethyl adjacent to an activating group) is 2. The van der Waals surface area contributed by atoms with E-state index in [4.69, 9.17) is 0 Å². The molecule has 2 aromatic rings. The van der Waals surface area contributed by atoms with Crippen molar-refractivity contribution in [1.82, 2.24) is 29.7 Å². The molecule has 3 amide bonds. The summed E-state index contributed by atoms with van der Waals surface area (Å²) < 4.78 is 0. The van der Waals surface area contributed by atoms with Crippen LogP contribution < -0.4 is 4.90 Å². The number of imidazole rings is 1. The number of carbonyl (C=O) groups excluding carboxylic acids is 2. The molecule has 0 atom stereocenters. The van der Waals surface area contributed by atoms with Gasteiger partial charge < -0.3 is 14.8 Å². The van der Waals surface area contributed by atoms with Crippen LogP contribution in [0.3, 0.4) is 0 Å². The van der Waals surface area contributed by atoms with Crippen LogP contribution in [0.15, 0.2) is 12.7 Å². The van der Waals surface area contributed by atoms with Gasteiger partial charge in [-0.15, -0.1) is 0 Å². The summed E-state index contributed by atoms with van der Waals surface area (Å²) in [5.74, 6) is 0.675. The molecule has 0 aliphatic carbocycles. The average Bonchev–Trinajstić information content (AvgIpc) is 3.12. The Hall–Kier alpha value is -2.71. The zero-order valence-electron chi connectivity index (χ0n) is 13.0. The van der Waals surface area contributed by atoms with Crippen LogP contribution in [-0.4, -0.2) is 74.4 Å². The van der Waals surface area contributed by atoms with E-state index < -0.39 is 5.54 Å². The van der Waals surface area contributed by atoms with E-state index >= 15 is 0 Å². The van der Waals surface area contributed by atoms with E-state index in [9.17, 15) is 9.59 Å². The lowest BCUT2D eigenvalue weighted by atomic mass is 9.86. The van der Waals surface area contributed by atoms with E-state index in [1.165, 1.54) is 11.2 Å². The molecule has 9 heteroatoms. The number of rotatable bonds is 1.